The highest BCUT2D eigenvalue weighted by molar-refractivity contribution is 14.1. The van der Waals surface area contributed by atoms with Crippen LogP contribution in [-0.2, 0) is 14.3 Å². The average molecular weight is 673 g/mol. The van der Waals surface area contributed by atoms with E-state index in [1.165, 1.54) is 6.21 Å². The Morgan fingerprint density at radius 2 is 2.09 bits per heavy atom. The first kappa shape index (κ1) is 26.9. The fraction of sp³-hybridized carbons (Fsp3) is 0.217. The Labute approximate surface area is 229 Å². The summed E-state index contributed by atoms with van der Waals surface area (Å²) < 4.78 is 12.4. The number of esters is 1. The molecule has 2 aromatic carbocycles. The second-order valence-electron chi connectivity index (χ2n) is 7.24. The van der Waals surface area contributed by atoms with Crippen molar-refractivity contribution in [2.45, 2.75) is 19.9 Å². The fourth-order valence-electron chi connectivity index (χ4n) is 3.29. The lowest BCUT2D eigenvalue weighted by molar-refractivity contribution is -0.139. The van der Waals surface area contributed by atoms with Gasteiger partial charge in [0.15, 0.2) is 11.7 Å². The maximum atomic E-state index is 12.6. The van der Waals surface area contributed by atoms with Gasteiger partial charge in [-0.3, -0.25) is 4.79 Å². The van der Waals surface area contributed by atoms with Crippen LogP contribution in [0.1, 0.15) is 31.0 Å². The number of carbonyl (C=O) groups is 2. The van der Waals surface area contributed by atoms with Gasteiger partial charge in [-0.15, -0.1) is 0 Å². The van der Waals surface area contributed by atoms with Crippen LogP contribution in [0.3, 0.4) is 0 Å². The lowest BCUT2D eigenvalue weighted by Gasteiger charge is -2.30. The first-order valence-corrected chi connectivity index (χ1v) is 12.7. The van der Waals surface area contributed by atoms with E-state index in [9.17, 15) is 14.7 Å². The monoisotopic (exact) mass is 672 g/mol. The smallest absolute Gasteiger partial charge is 0.338 e. The molecule has 1 atom stereocenters. The first-order chi connectivity index (χ1) is 16.7. The number of aromatic hydroxyl groups is 1. The van der Waals surface area contributed by atoms with Gasteiger partial charge in [0.25, 0.3) is 5.91 Å². The van der Waals surface area contributed by atoms with Crippen LogP contribution in [0.25, 0.3) is 0 Å². The number of phenols is 1. The number of ether oxygens (including phenoxy) is 2. The minimum absolute atomic E-state index is 0.0603. The quantitative estimate of drug-likeness (QED) is 0.110. The topological polar surface area (TPSA) is 121 Å². The summed E-state index contributed by atoms with van der Waals surface area (Å²) in [6.45, 7) is 3.37. The van der Waals surface area contributed by atoms with Crippen molar-refractivity contribution in [2.24, 2.45) is 5.10 Å². The molecule has 0 bridgehead atoms. The Morgan fingerprint density at radius 1 is 1.34 bits per heavy atom. The molecule has 0 aliphatic carbocycles. The van der Waals surface area contributed by atoms with Gasteiger partial charge in [-0.05, 0) is 66.9 Å². The molecule has 1 aliphatic heterocycles. The maximum Gasteiger partial charge on any atom is 0.338 e. The van der Waals surface area contributed by atoms with Crippen LogP contribution in [0.4, 0.5) is 0 Å². The Morgan fingerprint density at radius 3 is 2.83 bits per heavy atom. The Balaban J connectivity index is 1.73. The number of halogens is 2. The summed E-state index contributed by atoms with van der Waals surface area (Å²) in [5.41, 5.74) is 4.37. The zero-order valence-corrected chi connectivity index (χ0v) is 23.3. The molecule has 0 fully saturated rings. The summed E-state index contributed by atoms with van der Waals surface area (Å²) in [7, 11) is 0. The number of amides is 1. The number of hydrogen-bond acceptors (Lipinski definition) is 7. The number of carbonyl (C=O) groups excluding carboxylic acids is 2. The molecule has 35 heavy (non-hydrogen) atoms. The highest BCUT2D eigenvalue weighted by Crippen LogP contribution is 2.33. The van der Waals surface area contributed by atoms with Gasteiger partial charge in [0.05, 0.1) is 28.0 Å². The Hall–Kier alpha value is -2.71. The highest BCUT2D eigenvalue weighted by atomic mass is 127. The molecule has 3 rings (SSSR count). The van der Waals surface area contributed by atoms with E-state index in [4.69, 9.17) is 21.7 Å². The van der Waals surface area contributed by atoms with Gasteiger partial charge in [0, 0.05) is 21.3 Å². The number of para-hydroxylation sites is 1. The van der Waals surface area contributed by atoms with Crippen molar-refractivity contribution in [3.63, 3.8) is 0 Å². The van der Waals surface area contributed by atoms with Crippen molar-refractivity contribution in [1.29, 1.82) is 0 Å². The SMILES string of the molecule is CCOC(=O)C1=C(C)NC(=S)N[C@H]1c1ccccc1OCC(=O)NN=Cc1cc(Br)cc(I)c1O. The number of nitrogens with one attached hydrogen (secondary N) is 3. The molecule has 0 saturated heterocycles. The van der Waals surface area contributed by atoms with Gasteiger partial charge in [0.1, 0.15) is 11.5 Å². The molecule has 0 aromatic heterocycles. The third-order valence-electron chi connectivity index (χ3n) is 4.80. The summed E-state index contributed by atoms with van der Waals surface area (Å²) in [4.78, 5) is 25.0. The van der Waals surface area contributed by atoms with E-state index < -0.39 is 17.9 Å². The zero-order chi connectivity index (χ0) is 25.5. The van der Waals surface area contributed by atoms with Gasteiger partial charge in [-0.1, -0.05) is 34.1 Å². The van der Waals surface area contributed by atoms with E-state index in [2.05, 4.69) is 37.1 Å². The molecule has 1 aliphatic rings. The summed E-state index contributed by atoms with van der Waals surface area (Å²) >= 11 is 10.6. The summed E-state index contributed by atoms with van der Waals surface area (Å²) in [6, 6.07) is 9.83. The lowest BCUT2D eigenvalue weighted by atomic mass is 9.95. The normalized spacial score (nSPS) is 15.4. The van der Waals surface area contributed by atoms with E-state index in [1.54, 1.807) is 50.2 Å². The van der Waals surface area contributed by atoms with Crippen molar-refractivity contribution in [2.75, 3.05) is 13.2 Å². The van der Waals surface area contributed by atoms with Crippen molar-refractivity contribution in [1.82, 2.24) is 16.1 Å². The molecule has 0 spiro atoms. The summed E-state index contributed by atoms with van der Waals surface area (Å²) in [6.07, 6.45) is 1.34. The second-order valence-corrected chi connectivity index (χ2v) is 9.72. The predicted octanol–water partition coefficient (Wildman–Crippen LogP) is 3.64. The van der Waals surface area contributed by atoms with Crippen LogP contribution >= 0.6 is 50.7 Å². The Bertz CT molecular complexity index is 1220. The summed E-state index contributed by atoms with van der Waals surface area (Å²) in [5.74, 6) is -0.538. The van der Waals surface area contributed by atoms with Gasteiger partial charge < -0.3 is 25.2 Å². The van der Waals surface area contributed by atoms with Crippen molar-refractivity contribution < 1.29 is 24.2 Å². The third kappa shape index (κ3) is 6.92. The number of allylic oxidation sites excluding steroid dienone is 1. The number of benzene rings is 2. The zero-order valence-electron chi connectivity index (χ0n) is 18.7. The molecule has 2 aromatic rings. The van der Waals surface area contributed by atoms with Crippen LogP contribution in [0.15, 0.2) is 57.2 Å². The van der Waals surface area contributed by atoms with Gasteiger partial charge >= 0.3 is 5.97 Å². The number of nitrogens with zero attached hydrogens (tertiary/aromatic N) is 1. The van der Waals surface area contributed by atoms with E-state index in [0.717, 1.165) is 4.47 Å². The molecular formula is C23H22BrIN4O5S. The largest absolute Gasteiger partial charge is 0.506 e. The molecular weight excluding hydrogens is 651 g/mol. The minimum atomic E-state index is -0.623. The third-order valence-corrected chi connectivity index (χ3v) is 6.30. The Kier molecular flexibility index (Phi) is 9.46. The highest BCUT2D eigenvalue weighted by Gasteiger charge is 2.32. The second kappa shape index (κ2) is 12.3. The number of thiocarbonyl (C=S) groups is 1. The number of hydrazone groups is 1. The molecule has 9 nitrogen and oxygen atoms in total. The van der Waals surface area contributed by atoms with E-state index in [0.29, 0.717) is 36.8 Å². The lowest BCUT2D eigenvalue weighted by Crippen LogP contribution is -2.45. The van der Waals surface area contributed by atoms with Crippen LogP contribution in [0.2, 0.25) is 0 Å². The average Bonchev–Trinajstić information content (AvgIpc) is 2.80. The minimum Gasteiger partial charge on any atom is -0.506 e. The van der Waals surface area contributed by atoms with Crippen molar-refractivity contribution in [3.05, 3.63) is 66.8 Å². The molecule has 1 heterocycles. The summed E-state index contributed by atoms with van der Waals surface area (Å²) in [5, 5.41) is 20.4. The van der Waals surface area contributed by atoms with Gasteiger partial charge in [-0.2, -0.15) is 5.10 Å². The van der Waals surface area contributed by atoms with Crippen LogP contribution in [0, 0.1) is 3.57 Å². The van der Waals surface area contributed by atoms with E-state index in [-0.39, 0.29) is 19.0 Å². The van der Waals surface area contributed by atoms with Crippen molar-refractivity contribution >= 4 is 73.9 Å². The predicted molar refractivity (Wildman–Crippen MR) is 147 cm³/mol. The fourth-order valence-corrected chi connectivity index (χ4v) is 5.11. The van der Waals surface area contributed by atoms with Gasteiger partial charge in [0.2, 0.25) is 0 Å². The maximum absolute atomic E-state index is 12.6. The van der Waals surface area contributed by atoms with E-state index >= 15 is 0 Å². The molecule has 0 unspecified atom stereocenters. The molecule has 0 saturated carbocycles. The number of hydrogen-bond donors (Lipinski definition) is 4. The molecule has 4 N–H and O–H groups in total. The van der Waals surface area contributed by atoms with Crippen molar-refractivity contribution in [3.8, 4) is 11.5 Å². The number of phenolic OH excluding ortho intramolecular Hbond substituents is 1. The molecule has 12 heteroatoms. The van der Waals surface area contributed by atoms with Crippen LogP contribution in [-0.4, -0.2) is 41.5 Å². The molecule has 1 amide bonds. The first-order valence-electron chi connectivity index (χ1n) is 10.4. The van der Waals surface area contributed by atoms with Crippen LogP contribution in [0.5, 0.6) is 11.5 Å². The van der Waals surface area contributed by atoms with E-state index in [1.807, 2.05) is 22.6 Å². The number of rotatable bonds is 8. The standard InChI is InChI=1S/C23H22BrIN4O5S/c1-3-33-22(32)19-12(2)27-23(35)28-20(19)15-6-4-5-7-17(15)34-11-18(30)29-26-10-13-8-14(24)9-16(25)21(13)31/h4-10,20,31H,3,11H2,1-2H3,(H,29,30)(H2,27,28,35)/t20-/m0/s1. The molecule has 0 radical (unpaired) electrons. The molecule has 184 valence electrons. The van der Waals surface area contributed by atoms with Crippen LogP contribution < -0.4 is 20.8 Å². The van der Waals surface area contributed by atoms with Gasteiger partial charge in [-0.25, -0.2) is 10.2 Å².